The summed E-state index contributed by atoms with van der Waals surface area (Å²) in [6.45, 7) is 4.80. The van der Waals surface area contributed by atoms with Crippen LogP contribution in [-0.2, 0) is 14.8 Å². The first kappa shape index (κ1) is 16.4. The summed E-state index contributed by atoms with van der Waals surface area (Å²) in [5.41, 5.74) is 0.0759. The fraction of sp³-hybridized carbons (Fsp3) is 0.571. The average Bonchev–Trinajstić information content (AvgIpc) is 2.76. The molecule has 0 saturated carbocycles. The van der Waals surface area contributed by atoms with E-state index < -0.39 is 15.6 Å². The Morgan fingerprint density at radius 3 is 2.57 bits per heavy atom. The van der Waals surface area contributed by atoms with E-state index in [1.165, 1.54) is 12.1 Å². The number of hydrogen-bond donors (Lipinski definition) is 3. The molecule has 6 nitrogen and oxygen atoms in total. The highest BCUT2D eigenvalue weighted by atomic mass is 32.2. The maximum Gasteiger partial charge on any atom is 0.238 e. The lowest BCUT2D eigenvalue weighted by Crippen LogP contribution is -2.46. The Hall–Kier alpha value is -0.990. The van der Waals surface area contributed by atoms with Gasteiger partial charge < -0.3 is 15.2 Å². The standard InChI is InChI=1S/C14H22N2O4S/c1-10(16-9-14(17)7-8-20-11(14)2)12-3-5-13(6-4-12)21(15,18)19/h3-6,10-11,16-17H,7-9H2,1-2H3,(H2,15,18,19). The zero-order valence-corrected chi connectivity index (χ0v) is 13.1. The smallest absolute Gasteiger partial charge is 0.238 e. The molecular formula is C14H22N2O4S. The van der Waals surface area contributed by atoms with Gasteiger partial charge in [0, 0.05) is 25.6 Å². The van der Waals surface area contributed by atoms with Gasteiger partial charge in [0.25, 0.3) is 0 Å². The van der Waals surface area contributed by atoms with Gasteiger partial charge in [0.15, 0.2) is 0 Å². The van der Waals surface area contributed by atoms with E-state index in [-0.39, 0.29) is 17.0 Å². The molecule has 0 radical (unpaired) electrons. The van der Waals surface area contributed by atoms with Gasteiger partial charge in [0.05, 0.1) is 11.0 Å². The van der Waals surface area contributed by atoms with Crippen LogP contribution < -0.4 is 10.5 Å². The molecule has 0 aromatic heterocycles. The van der Waals surface area contributed by atoms with Crippen molar-refractivity contribution in [3.63, 3.8) is 0 Å². The van der Waals surface area contributed by atoms with Crippen LogP contribution in [0.25, 0.3) is 0 Å². The molecule has 1 heterocycles. The largest absolute Gasteiger partial charge is 0.386 e. The van der Waals surface area contributed by atoms with Gasteiger partial charge in [-0.2, -0.15) is 0 Å². The highest BCUT2D eigenvalue weighted by molar-refractivity contribution is 7.89. The molecule has 118 valence electrons. The zero-order valence-electron chi connectivity index (χ0n) is 12.2. The molecule has 1 saturated heterocycles. The molecule has 0 spiro atoms. The summed E-state index contributed by atoms with van der Waals surface area (Å²) in [5.74, 6) is 0. The van der Waals surface area contributed by atoms with Crippen LogP contribution in [0.5, 0.6) is 0 Å². The molecule has 0 aliphatic carbocycles. The summed E-state index contributed by atoms with van der Waals surface area (Å²) >= 11 is 0. The van der Waals surface area contributed by atoms with Crippen LogP contribution in [0.1, 0.15) is 31.9 Å². The minimum absolute atomic E-state index is 0.0173. The van der Waals surface area contributed by atoms with Crippen molar-refractivity contribution in [3.8, 4) is 0 Å². The van der Waals surface area contributed by atoms with Crippen molar-refractivity contribution in [1.82, 2.24) is 5.32 Å². The lowest BCUT2D eigenvalue weighted by molar-refractivity contribution is -0.0274. The molecule has 1 fully saturated rings. The Morgan fingerprint density at radius 2 is 2.10 bits per heavy atom. The number of rotatable bonds is 5. The van der Waals surface area contributed by atoms with Crippen LogP contribution in [-0.4, -0.2) is 38.4 Å². The zero-order chi connectivity index (χ0) is 15.7. The third kappa shape index (κ3) is 3.81. The number of sulfonamides is 1. The minimum atomic E-state index is -3.66. The van der Waals surface area contributed by atoms with E-state index >= 15 is 0 Å². The maximum absolute atomic E-state index is 11.2. The molecule has 1 aliphatic rings. The van der Waals surface area contributed by atoms with Crippen LogP contribution in [0, 0.1) is 0 Å². The molecule has 2 rings (SSSR count). The van der Waals surface area contributed by atoms with Crippen molar-refractivity contribution in [2.45, 2.75) is 42.9 Å². The molecule has 0 bridgehead atoms. The van der Waals surface area contributed by atoms with Crippen LogP contribution in [0.2, 0.25) is 0 Å². The van der Waals surface area contributed by atoms with Gasteiger partial charge in [-0.15, -0.1) is 0 Å². The summed E-state index contributed by atoms with van der Waals surface area (Å²) in [4.78, 5) is 0.0925. The van der Waals surface area contributed by atoms with Gasteiger partial charge in [-0.05, 0) is 31.5 Å². The molecule has 7 heteroatoms. The molecule has 1 aliphatic heterocycles. The number of benzene rings is 1. The van der Waals surface area contributed by atoms with E-state index in [0.717, 1.165) is 5.56 Å². The number of aliphatic hydroxyl groups is 1. The van der Waals surface area contributed by atoms with Crippen molar-refractivity contribution in [2.24, 2.45) is 5.14 Å². The summed E-state index contributed by atoms with van der Waals surface area (Å²) in [6, 6.07) is 6.39. The van der Waals surface area contributed by atoms with Crippen molar-refractivity contribution >= 4 is 10.0 Å². The first-order chi connectivity index (χ1) is 9.72. The topological polar surface area (TPSA) is 102 Å². The van der Waals surface area contributed by atoms with E-state index in [0.29, 0.717) is 19.6 Å². The average molecular weight is 314 g/mol. The monoisotopic (exact) mass is 314 g/mol. The summed E-state index contributed by atoms with van der Waals surface area (Å²) < 4.78 is 27.8. The van der Waals surface area contributed by atoms with Gasteiger partial charge in [0.1, 0.15) is 5.60 Å². The molecule has 0 amide bonds. The van der Waals surface area contributed by atoms with E-state index in [1.54, 1.807) is 12.1 Å². The number of primary sulfonamides is 1. The van der Waals surface area contributed by atoms with E-state index in [2.05, 4.69) is 5.32 Å². The Morgan fingerprint density at radius 1 is 1.48 bits per heavy atom. The van der Waals surface area contributed by atoms with Crippen LogP contribution in [0.4, 0.5) is 0 Å². The lowest BCUT2D eigenvalue weighted by atomic mass is 9.96. The first-order valence-corrected chi connectivity index (χ1v) is 8.47. The van der Waals surface area contributed by atoms with Crippen molar-refractivity contribution < 1.29 is 18.3 Å². The second-order valence-electron chi connectivity index (χ2n) is 5.58. The van der Waals surface area contributed by atoms with Crippen molar-refractivity contribution in [1.29, 1.82) is 0 Å². The van der Waals surface area contributed by atoms with E-state index in [4.69, 9.17) is 9.88 Å². The Labute approximate surface area is 125 Å². The fourth-order valence-corrected chi connectivity index (χ4v) is 2.91. The molecule has 1 aromatic carbocycles. The molecular weight excluding hydrogens is 292 g/mol. The third-order valence-corrected chi connectivity index (χ3v) is 5.01. The Balaban J connectivity index is 1.99. The number of hydrogen-bond acceptors (Lipinski definition) is 5. The summed E-state index contributed by atoms with van der Waals surface area (Å²) in [7, 11) is -3.66. The summed E-state index contributed by atoms with van der Waals surface area (Å²) in [5, 5.41) is 18.7. The van der Waals surface area contributed by atoms with Crippen molar-refractivity contribution in [3.05, 3.63) is 29.8 Å². The SMILES string of the molecule is CC(NCC1(O)CCOC1C)c1ccc(S(N)(=O)=O)cc1. The quantitative estimate of drug-likeness (QED) is 0.735. The molecule has 1 aromatic rings. The predicted molar refractivity (Wildman–Crippen MR) is 79.2 cm³/mol. The van der Waals surface area contributed by atoms with Gasteiger partial charge in [0.2, 0.25) is 10.0 Å². The normalized spacial score (nSPS) is 27.7. The van der Waals surface area contributed by atoms with Crippen LogP contribution >= 0.6 is 0 Å². The fourth-order valence-electron chi connectivity index (χ4n) is 2.40. The third-order valence-electron chi connectivity index (χ3n) is 4.08. The van der Waals surface area contributed by atoms with Gasteiger partial charge >= 0.3 is 0 Å². The predicted octanol–water partition coefficient (Wildman–Crippen LogP) is 0.525. The summed E-state index contributed by atoms with van der Waals surface area (Å²) in [6.07, 6.45) is 0.417. The highest BCUT2D eigenvalue weighted by Crippen LogP contribution is 2.26. The van der Waals surface area contributed by atoms with Crippen LogP contribution in [0.3, 0.4) is 0 Å². The number of nitrogens with one attached hydrogen (secondary N) is 1. The Bertz CT molecular complexity index is 587. The van der Waals surface area contributed by atoms with Gasteiger partial charge in [-0.3, -0.25) is 0 Å². The Kier molecular flexibility index (Phi) is 4.69. The van der Waals surface area contributed by atoms with Gasteiger partial charge in [-0.1, -0.05) is 12.1 Å². The minimum Gasteiger partial charge on any atom is -0.386 e. The molecule has 21 heavy (non-hydrogen) atoms. The molecule has 3 atom stereocenters. The maximum atomic E-state index is 11.2. The van der Waals surface area contributed by atoms with E-state index in [9.17, 15) is 13.5 Å². The lowest BCUT2D eigenvalue weighted by Gasteiger charge is -2.28. The second kappa shape index (κ2) is 6.02. The van der Waals surface area contributed by atoms with Crippen molar-refractivity contribution in [2.75, 3.05) is 13.2 Å². The highest BCUT2D eigenvalue weighted by Gasteiger charge is 2.39. The molecule has 4 N–H and O–H groups in total. The second-order valence-corrected chi connectivity index (χ2v) is 7.14. The first-order valence-electron chi connectivity index (χ1n) is 6.92. The molecule has 3 unspecified atom stereocenters. The van der Waals surface area contributed by atoms with E-state index in [1.807, 2.05) is 13.8 Å². The number of ether oxygens (including phenoxy) is 1. The van der Waals surface area contributed by atoms with Crippen LogP contribution in [0.15, 0.2) is 29.2 Å². The number of nitrogens with two attached hydrogens (primary N) is 1. The van der Waals surface area contributed by atoms with Gasteiger partial charge in [-0.25, -0.2) is 13.6 Å².